The summed E-state index contributed by atoms with van der Waals surface area (Å²) >= 11 is 0. The molecule has 220 valence electrons. The van der Waals surface area contributed by atoms with Gasteiger partial charge in [-0.25, -0.2) is 18.4 Å². The molecule has 0 bridgehead atoms. The van der Waals surface area contributed by atoms with E-state index >= 15 is 0 Å². The predicted molar refractivity (Wildman–Crippen MR) is 146 cm³/mol. The first-order chi connectivity index (χ1) is 19.3. The standard InChI is InChI=1S/C16H16F3N5O3S.C11H15NO/c17-16(18,19)11-1-3-12(4-2-11)28(26,27)24-7-5-23(6-8-24)14-10-21-13(9-22-14)15(20)25;1-9(2)11-5-3-10(4-6-11)7-12-8-13/h1-4,9-10H,5-8H2,(H2,20,25);3-6,8-9H,7H2,1-2H3,(H,12,13). The van der Waals surface area contributed by atoms with E-state index in [1.54, 1.807) is 4.90 Å². The monoisotopic (exact) mass is 592 g/mol. The van der Waals surface area contributed by atoms with Crippen LogP contribution in [-0.4, -0.2) is 61.2 Å². The fourth-order valence-corrected chi connectivity index (χ4v) is 5.34. The second kappa shape index (κ2) is 13.5. The van der Waals surface area contributed by atoms with Gasteiger partial charge in [0.05, 0.1) is 22.9 Å². The molecular weight excluding hydrogens is 561 g/mol. The summed E-state index contributed by atoms with van der Waals surface area (Å²) in [6.07, 6.45) is -1.20. The Kier molecular flexibility index (Phi) is 10.4. The van der Waals surface area contributed by atoms with Crippen LogP contribution in [0.3, 0.4) is 0 Å². The van der Waals surface area contributed by atoms with Crippen molar-refractivity contribution in [2.45, 2.75) is 37.4 Å². The molecule has 0 saturated carbocycles. The zero-order chi connectivity index (χ0) is 30.2. The molecular formula is C27H31F3N6O4S. The lowest BCUT2D eigenvalue weighted by Crippen LogP contribution is -2.49. The third-order valence-corrected chi connectivity index (χ3v) is 8.22. The van der Waals surface area contributed by atoms with Crippen LogP contribution in [0.2, 0.25) is 0 Å². The quantitative estimate of drug-likeness (QED) is 0.383. The summed E-state index contributed by atoms with van der Waals surface area (Å²) in [7, 11) is -3.91. The van der Waals surface area contributed by atoms with Crippen molar-refractivity contribution in [2.24, 2.45) is 5.73 Å². The highest BCUT2D eigenvalue weighted by atomic mass is 32.2. The van der Waals surface area contributed by atoms with E-state index < -0.39 is 27.7 Å². The van der Waals surface area contributed by atoms with Gasteiger partial charge in [0.25, 0.3) is 5.91 Å². The molecule has 0 unspecified atom stereocenters. The minimum absolute atomic E-state index is 0.0206. The van der Waals surface area contributed by atoms with E-state index in [9.17, 15) is 31.2 Å². The largest absolute Gasteiger partial charge is 0.416 e. The van der Waals surface area contributed by atoms with Crippen LogP contribution in [-0.2, 0) is 27.5 Å². The van der Waals surface area contributed by atoms with Crippen molar-refractivity contribution in [3.05, 3.63) is 83.3 Å². The normalized spacial score (nSPS) is 14.2. The first-order valence-corrected chi connectivity index (χ1v) is 14.1. The van der Waals surface area contributed by atoms with Crippen molar-refractivity contribution in [3.8, 4) is 0 Å². The van der Waals surface area contributed by atoms with Crippen LogP contribution in [0, 0.1) is 0 Å². The number of primary amides is 1. The van der Waals surface area contributed by atoms with E-state index in [2.05, 4.69) is 41.3 Å². The second-order valence-corrected chi connectivity index (χ2v) is 11.4. The molecule has 10 nitrogen and oxygen atoms in total. The minimum atomic E-state index is -4.53. The Morgan fingerprint density at radius 2 is 1.61 bits per heavy atom. The number of carbonyl (C=O) groups is 2. The molecule has 0 atom stereocenters. The summed E-state index contributed by atoms with van der Waals surface area (Å²) in [5, 5.41) is 2.63. The van der Waals surface area contributed by atoms with Gasteiger partial charge in [-0.05, 0) is 41.3 Å². The van der Waals surface area contributed by atoms with Gasteiger partial charge in [0.15, 0.2) is 0 Å². The van der Waals surface area contributed by atoms with Gasteiger partial charge in [-0.3, -0.25) is 9.59 Å². The smallest absolute Gasteiger partial charge is 0.364 e. The van der Waals surface area contributed by atoms with Gasteiger partial charge >= 0.3 is 6.18 Å². The Labute approximate surface area is 236 Å². The van der Waals surface area contributed by atoms with Crippen LogP contribution in [0.1, 0.15) is 46.9 Å². The molecule has 2 aromatic carbocycles. The van der Waals surface area contributed by atoms with Gasteiger partial charge in [0.2, 0.25) is 16.4 Å². The number of rotatable bonds is 8. The van der Waals surface area contributed by atoms with Gasteiger partial charge in [0, 0.05) is 32.7 Å². The average molecular weight is 593 g/mol. The van der Waals surface area contributed by atoms with E-state index in [0.29, 0.717) is 31.4 Å². The number of sulfonamides is 1. The van der Waals surface area contributed by atoms with Gasteiger partial charge in [-0.2, -0.15) is 17.5 Å². The summed E-state index contributed by atoms with van der Waals surface area (Å²) in [6.45, 7) is 5.82. The Morgan fingerprint density at radius 3 is 2.07 bits per heavy atom. The fraction of sp³-hybridized carbons (Fsp3) is 0.333. The molecule has 1 fully saturated rings. The number of alkyl halides is 3. The van der Waals surface area contributed by atoms with Gasteiger partial charge in [0.1, 0.15) is 11.5 Å². The molecule has 41 heavy (non-hydrogen) atoms. The Balaban J connectivity index is 0.000000298. The number of aromatic nitrogens is 2. The van der Waals surface area contributed by atoms with Crippen molar-refractivity contribution < 1.29 is 31.2 Å². The summed E-state index contributed by atoms with van der Waals surface area (Å²) in [5.74, 6) is 0.330. The Morgan fingerprint density at radius 1 is 1.00 bits per heavy atom. The maximum absolute atomic E-state index is 12.7. The number of nitrogens with two attached hydrogens (primary N) is 1. The van der Waals surface area contributed by atoms with Crippen LogP contribution in [0.25, 0.3) is 0 Å². The number of piperazine rings is 1. The SMILES string of the molecule is CC(C)c1ccc(CNC=O)cc1.NC(=O)c1cnc(N2CCN(S(=O)(=O)c3ccc(C(F)(F)F)cc3)CC2)cn1. The number of benzene rings is 2. The van der Waals surface area contributed by atoms with Crippen molar-refractivity contribution in [1.82, 2.24) is 19.6 Å². The molecule has 0 aliphatic carbocycles. The second-order valence-electron chi connectivity index (χ2n) is 9.43. The van der Waals surface area contributed by atoms with E-state index in [4.69, 9.17) is 5.73 Å². The molecule has 2 heterocycles. The predicted octanol–water partition coefficient (Wildman–Crippen LogP) is 3.16. The highest BCUT2D eigenvalue weighted by Gasteiger charge is 2.32. The first-order valence-electron chi connectivity index (χ1n) is 12.6. The lowest BCUT2D eigenvalue weighted by molar-refractivity contribution is -0.137. The maximum Gasteiger partial charge on any atom is 0.416 e. The molecule has 3 aromatic rings. The molecule has 1 aliphatic rings. The van der Waals surface area contributed by atoms with Crippen LogP contribution < -0.4 is 16.0 Å². The fourth-order valence-electron chi connectivity index (χ4n) is 3.91. The third-order valence-electron chi connectivity index (χ3n) is 6.31. The van der Waals surface area contributed by atoms with E-state index in [1.807, 2.05) is 12.1 Å². The highest BCUT2D eigenvalue weighted by molar-refractivity contribution is 7.89. The van der Waals surface area contributed by atoms with Gasteiger partial charge in [-0.1, -0.05) is 38.1 Å². The summed E-state index contributed by atoms with van der Waals surface area (Å²) in [6, 6.07) is 11.7. The van der Waals surface area contributed by atoms with Gasteiger partial charge < -0.3 is 16.0 Å². The van der Waals surface area contributed by atoms with E-state index in [0.717, 1.165) is 36.2 Å². The first kappa shape index (κ1) is 31.5. The van der Waals surface area contributed by atoms with Crippen molar-refractivity contribution >= 4 is 28.2 Å². The molecule has 3 N–H and O–H groups in total. The molecule has 2 amide bonds. The number of hydrogen-bond acceptors (Lipinski definition) is 7. The van der Waals surface area contributed by atoms with Crippen molar-refractivity contribution in [3.63, 3.8) is 0 Å². The van der Waals surface area contributed by atoms with Crippen LogP contribution in [0.4, 0.5) is 19.0 Å². The average Bonchev–Trinajstić information content (AvgIpc) is 2.96. The summed E-state index contributed by atoms with van der Waals surface area (Å²) in [4.78, 5) is 30.6. The maximum atomic E-state index is 12.7. The van der Waals surface area contributed by atoms with Crippen LogP contribution in [0.5, 0.6) is 0 Å². The Hall–Kier alpha value is -4.04. The molecule has 0 spiro atoms. The summed E-state index contributed by atoms with van der Waals surface area (Å²) in [5.41, 5.74) is 6.68. The van der Waals surface area contributed by atoms with Crippen LogP contribution >= 0.6 is 0 Å². The number of nitrogens with zero attached hydrogens (tertiary/aromatic N) is 4. The number of halogens is 3. The highest BCUT2D eigenvalue weighted by Crippen LogP contribution is 2.30. The van der Waals surface area contributed by atoms with E-state index in [-0.39, 0.29) is 23.7 Å². The number of carbonyl (C=O) groups excluding carboxylic acids is 2. The number of hydrogen-bond donors (Lipinski definition) is 2. The number of nitrogens with one attached hydrogen (secondary N) is 1. The molecule has 0 radical (unpaired) electrons. The molecule has 1 aliphatic heterocycles. The lowest BCUT2D eigenvalue weighted by atomic mass is 10.0. The van der Waals surface area contributed by atoms with Crippen molar-refractivity contribution in [2.75, 3.05) is 31.1 Å². The third kappa shape index (κ3) is 8.47. The van der Waals surface area contributed by atoms with Gasteiger partial charge in [-0.15, -0.1) is 0 Å². The molecule has 1 aromatic heterocycles. The number of anilines is 1. The molecule has 14 heteroatoms. The zero-order valence-corrected chi connectivity index (χ0v) is 23.3. The van der Waals surface area contributed by atoms with Crippen LogP contribution in [0.15, 0.2) is 65.8 Å². The zero-order valence-electron chi connectivity index (χ0n) is 22.5. The van der Waals surface area contributed by atoms with E-state index in [1.165, 1.54) is 22.3 Å². The minimum Gasteiger partial charge on any atom is -0.364 e. The lowest BCUT2D eigenvalue weighted by Gasteiger charge is -2.34. The molecule has 4 rings (SSSR count). The Bertz CT molecular complexity index is 1410. The number of amides is 2. The molecule has 1 saturated heterocycles. The summed E-state index contributed by atoms with van der Waals surface area (Å²) < 4.78 is 64.4. The topological polar surface area (TPSA) is 139 Å². The van der Waals surface area contributed by atoms with Crippen molar-refractivity contribution in [1.29, 1.82) is 0 Å².